The van der Waals surface area contributed by atoms with E-state index in [4.69, 9.17) is 9.47 Å². The molecule has 0 aliphatic heterocycles. The molecule has 0 radical (unpaired) electrons. The van der Waals surface area contributed by atoms with Gasteiger partial charge in [0.15, 0.2) is 0 Å². The minimum absolute atomic E-state index is 0.326. The van der Waals surface area contributed by atoms with Crippen molar-refractivity contribution in [3.05, 3.63) is 48.0 Å². The molecule has 0 heterocycles. The summed E-state index contributed by atoms with van der Waals surface area (Å²) in [6.07, 6.45) is 0. The van der Waals surface area contributed by atoms with E-state index >= 15 is 0 Å². The lowest BCUT2D eigenvalue weighted by molar-refractivity contribution is 0.404. The highest BCUT2D eigenvalue weighted by Gasteiger charge is 2.10. The Labute approximate surface area is 126 Å². The Morgan fingerprint density at radius 2 is 1.86 bits per heavy atom. The van der Waals surface area contributed by atoms with Crippen molar-refractivity contribution in [2.45, 2.75) is 19.9 Å². The summed E-state index contributed by atoms with van der Waals surface area (Å²) in [6, 6.07) is 14.7. The zero-order chi connectivity index (χ0) is 15.2. The number of nitrogens with one attached hydrogen (secondary N) is 1. The fourth-order valence-corrected chi connectivity index (χ4v) is 2.44. The van der Waals surface area contributed by atoms with Crippen molar-refractivity contribution < 1.29 is 9.47 Å². The standard InChI is InChI=1S/C18H23NO2/c1-5-19-13(2)14-7-6-8-15(11-14)17-12-16(20-3)9-10-18(17)21-4/h6-13,19H,5H2,1-4H3. The molecule has 0 aliphatic carbocycles. The van der Waals surface area contributed by atoms with Gasteiger partial charge in [0.2, 0.25) is 0 Å². The second-order valence-electron chi connectivity index (χ2n) is 4.97. The van der Waals surface area contributed by atoms with E-state index in [9.17, 15) is 0 Å². The summed E-state index contributed by atoms with van der Waals surface area (Å²) in [5.74, 6) is 1.68. The van der Waals surface area contributed by atoms with Crippen LogP contribution in [0.15, 0.2) is 42.5 Å². The average Bonchev–Trinajstić information content (AvgIpc) is 2.54. The summed E-state index contributed by atoms with van der Waals surface area (Å²) < 4.78 is 10.8. The lowest BCUT2D eigenvalue weighted by Gasteiger charge is -2.15. The van der Waals surface area contributed by atoms with Crippen LogP contribution in [0.5, 0.6) is 11.5 Å². The van der Waals surface area contributed by atoms with E-state index in [2.05, 4.69) is 43.4 Å². The molecule has 3 heteroatoms. The van der Waals surface area contributed by atoms with E-state index in [0.717, 1.165) is 29.2 Å². The Morgan fingerprint density at radius 3 is 2.52 bits per heavy atom. The number of hydrogen-bond acceptors (Lipinski definition) is 3. The molecule has 21 heavy (non-hydrogen) atoms. The molecule has 1 N–H and O–H groups in total. The third kappa shape index (κ3) is 3.56. The highest BCUT2D eigenvalue weighted by Crippen LogP contribution is 2.34. The molecule has 2 aromatic carbocycles. The zero-order valence-corrected chi connectivity index (χ0v) is 13.1. The molecule has 0 spiro atoms. The highest BCUT2D eigenvalue weighted by atomic mass is 16.5. The minimum atomic E-state index is 0.326. The van der Waals surface area contributed by atoms with Crippen LogP contribution in [-0.2, 0) is 0 Å². The van der Waals surface area contributed by atoms with Crippen LogP contribution in [-0.4, -0.2) is 20.8 Å². The maximum Gasteiger partial charge on any atom is 0.126 e. The molecule has 0 amide bonds. The second kappa shape index (κ2) is 7.14. The number of hydrogen-bond donors (Lipinski definition) is 1. The Kier molecular flexibility index (Phi) is 5.23. The quantitative estimate of drug-likeness (QED) is 0.869. The van der Waals surface area contributed by atoms with Gasteiger partial charge in [0, 0.05) is 11.6 Å². The first-order chi connectivity index (χ1) is 10.2. The molecular formula is C18H23NO2. The molecule has 3 nitrogen and oxygen atoms in total. The largest absolute Gasteiger partial charge is 0.497 e. The van der Waals surface area contributed by atoms with Crippen molar-refractivity contribution in [1.29, 1.82) is 0 Å². The maximum absolute atomic E-state index is 5.48. The second-order valence-corrected chi connectivity index (χ2v) is 4.97. The van der Waals surface area contributed by atoms with Gasteiger partial charge in [0.1, 0.15) is 11.5 Å². The van der Waals surface area contributed by atoms with Crippen molar-refractivity contribution in [1.82, 2.24) is 5.32 Å². The Hall–Kier alpha value is -2.00. The molecular weight excluding hydrogens is 262 g/mol. The van der Waals surface area contributed by atoms with E-state index in [-0.39, 0.29) is 0 Å². The maximum atomic E-state index is 5.48. The third-order valence-corrected chi connectivity index (χ3v) is 3.61. The van der Waals surface area contributed by atoms with Gasteiger partial charge in [-0.25, -0.2) is 0 Å². The third-order valence-electron chi connectivity index (χ3n) is 3.61. The fraction of sp³-hybridized carbons (Fsp3) is 0.333. The summed E-state index contributed by atoms with van der Waals surface area (Å²) in [5.41, 5.74) is 3.44. The summed E-state index contributed by atoms with van der Waals surface area (Å²) in [7, 11) is 3.37. The van der Waals surface area contributed by atoms with E-state index < -0.39 is 0 Å². The molecule has 0 aliphatic rings. The number of benzene rings is 2. The van der Waals surface area contributed by atoms with Crippen LogP contribution < -0.4 is 14.8 Å². The topological polar surface area (TPSA) is 30.5 Å². The van der Waals surface area contributed by atoms with Crippen molar-refractivity contribution in [2.24, 2.45) is 0 Å². The van der Waals surface area contributed by atoms with Gasteiger partial charge in [-0.1, -0.05) is 25.1 Å². The van der Waals surface area contributed by atoms with Gasteiger partial charge >= 0.3 is 0 Å². The van der Waals surface area contributed by atoms with Crippen LogP contribution >= 0.6 is 0 Å². The summed E-state index contributed by atoms with van der Waals surface area (Å²) >= 11 is 0. The Morgan fingerprint density at radius 1 is 1.05 bits per heavy atom. The predicted octanol–water partition coefficient (Wildman–Crippen LogP) is 4.04. The van der Waals surface area contributed by atoms with Gasteiger partial charge in [-0.3, -0.25) is 0 Å². The first kappa shape index (κ1) is 15.4. The number of rotatable bonds is 6. The molecule has 0 fully saturated rings. The zero-order valence-electron chi connectivity index (χ0n) is 13.1. The van der Waals surface area contributed by atoms with Crippen LogP contribution in [0.2, 0.25) is 0 Å². The summed E-state index contributed by atoms with van der Waals surface area (Å²) in [5, 5.41) is 3.44. The predicted molar refractivity (Wildman–Crippen MR) is 87.1 cm³/mol. The Bertz CT molecular complexity index is 596. The van der Waals surface area contributed by atoms with Crippen molar-refractivity contribution in [2.75, 3.05) is 20.8 Å². The summed E-state index contributed by atoms with van der Waals surface area (Å²) in [6.45, 7) is 5.24. The monoisotopic (exact) mass is 285 g/mol. The lowest BCUT2D eigenvalue weighted by atomic mass is 9.99. The van der Waals surface area contributed by atoms with Gasteiger partial charge in [-0.05, 0) is 48.9 Å². The van der Waals surface area contributed by atoms with Crippen molar-refractivity contribution in [3.63, 3.8) is 0 Å². The summed E-state index contributed by atoms with van der Waals surface area (Å²) in [4.78, 5) is 0. The first-order valence-electron chi connectivity index (χ1n) is 7.25. The molecule has 0 saturated carbocycles. The van der Waals surface area contributed by atoms with Gasteiger partial charge < -0.3 is 14.8 Å². The molecule has 2 rings (SSSR count). The van der Waals surface area contributed by atoms with Crippen molar-refractivity contribution in [3.8, 4) is 22.6 Å². The molecule has 0 bridgehead atoms. The van der Waals surface area contributed by atoms with Gasteiger partial charge in [0.25, 0.3) is 0 Å². The van der Waals surface area contributed by atoms with E-state index in [0.29, 0.717) is 6.04 Å². The van der Waals surface area contributed by atoms with Crippen molar-refractivity contribution >= 4 is 0 Å². The lowest BCUT2D eigenvalue weighted by Crippen LogP contribution is -2.17. The molecule has 0 saturated heterocycles. The van der Waals surface area contributed by atoms with Crippen LogP contribution in [0.3, 0.4) is 0 Å². The normalized spacial score (nSPS) is 12.0. The first-order valence-corrected chi connectivity index (χ1v) is 7.25. The molecule has 1 atom stereocenters. The SMILES string of the molecule is CCNC(C)c1cccc(-c2cc(OC)ccc2OC)c1. The highest BCUT2D eigenvalue weighted by molar-refractivity contribution is 5.72. The Balaban J connectivity index is 2.44. The number of ether oxygens (including phenoxy) is 2. The minimum Gasteiger partial charge on any atom is -0.497 e. The van der Waals surface area contributed by atoms with Gasteiger partial charge in [0.05, 0.1) is 14.2 Å². The van der Waals surface area contributed by atoms with Gasteiger partial charge in [-0.15, -0.1) is 0 Å². The van der Waals surface area contributed by atoms with Crippen LogP contribution in [0.1, 0.15) is 25.5 Å². The fourth-order valence-electron chi connectivity index (χ4n) is 2.44. The van der Waals surface area contributed by atoms with Gasteiger partial charge in [-0.2, -0.15) is 0 Å². The number of methoxy groups -OCH3 is 2. The van der Waals surface area contributed by atoms with E-state index in [1.165, 1.54) is 5.56 Å². The smallest absolute Gasteiger partial charge is 0.126 e. The van der Waals surface area contributed by atoms with Crippen LogP contribution in [0, 0.1) is 0 Å². The van der Waals surface area contributed by atoms with E-state index in [1.807, 2.05) is 18.2 Å². The molecule has 112 valence electrons. The molecule has 0 aromatic heterocycles. The van der Waals surface area contributed by atoms with Crippen LogP contribution in [0.4, 0.5) is 0 Å². The average molecular weight is 285 g/mol. The molecule has 2 aromatic rings. The van der Waals surface area contributed by atoms with E-state index in [1.54, 1.807) is 14.2 Å². The molecule has 1 unspecified atom stereocenters. The van der Waals surface area contributed by atoms with Crippen LogP contribution in [0.25, 0.3) is 11.1 Å².